The van der Waals surface area contributed by atoms with E-state index in [1.807, 2.05) is 6.08 Å². The fraction of sp³-hybridized carbons (Fsp3) is 0.700. The van der Waals surface area contributed by atoms with E-state index in [-0.39, 0.29) is 0 Å². The average Bonchev–Trinajstić information content (AvgIpc) is 2.44. The Bertz CT molecular complexity index is 419. The van der Waals surface area contributed by atoms with Gasteiger partial charge in [0.25, 0.3) is 0 Å². The molecule has 118 valence electrons. The van der Waals surface area contributed by atoms with Crippen molar-refractivity contribution in [3.63, 3.8) is 0 Å². The van der Waals surface area contributed by atoms with Crippen molar-refractivity contribution in [2.75, 3.05) is 14.1 Å². The van der Waals surface area contributed by atoms with Crippen LogP contribution in [0.1, 0.15) is 59.3 Å². The van der Waals surface area contributed by atoms with Crippen LogP contribution in [0.4, 0.5) is 0 Å². The number of hydrogen-bond acceptors (Lipinski definition) is 1. The van der Waals surface area contributed by atoms with Gasteiger partial charge in [-0.15, -0.1) is 0 Å². The summed E-state index contributed by atoms with van der Waals surface area (Å²) in [5.74, 6) is 9.20. The molecule has 1 nitrogen and oxygen atoms in total. The quantitative estimate of drug-likeness (QED) is 0.493. The summed E-state index contributed by atoms with van der Waals surface area (Å²) < 4.78 is 0. The second-order valence-electron chi connectivity index (χ2n) is 6.80. The third-order valence-corrected chi connectivity index (χ3v) is 4.62. The van der Waals surface area contributed by atoms with E-state index in [1.54, 1.807) is 0 Å². The summed E-state index contributed by atoms with van der Waals surface area (Å²) in [5.41, 5.74) is 2.42. The Kier molecular flexibility index (Phi) is 7.65. The zero-order chi connectivity index (χ0) is 15.8. The van der Waals surface area contributed by atoms with Crippen molar-refractivity contribution in [3.8, 4) is 11.8 Å². The topological polar surface area (TPSA) is 3.24 Å². The van der Waals surface area contributed by atoms with E-state index in [2.05, 4.69) is 58.2 Å². The standard InChI is InChI=1S/C20H33N/c1-7-10-18(20(8-2)21(5)6)14-13-17(4)19-12-9-11-16(3)15-19/h8,16-17,19H,2,7,9-12,15H2,1,3-6H3/b20-18+/t16?,17?,19-/m0/s1. The van der Waals surface area contributed by atoms with Gasteiger partial charge >= 0.3 is 0 Å². The molecule has 0 N–H and O–H groups in total. The fourth-order valence-electron chi connectivity index (χ4n) is 3.33. The van der Waals surface area contributed by atoms with Crippen molar-refractivity contribution in [1.29, 1.82) is 0 Å². The van der Waals surface area contributed by atoms with Crippen LogP contribution in [0.3, 0.4) is 0 Å². The van der Waals surface area contributed by atoms with Crippen molar-refractivity contribution in [2.24, 2.45) is 17.8 Å². The third kappa shape index (κ3) is 5.62. The molecule has 1 fully saturated rings. The molecule has 1 aliphatic carbocycles. The first kappa shape index (κ1) is 17.9. The lowest BCUT2D eigenvalue weighted by molar-refractivity contribution is 0.245. The lowest BCUT2D eigenvalue weighted by Gasteiger charge is -2.29. The number of nitrogens with zero attached hydrogens (tertiary/aromatic N) is 1. The second-order valence-corrected chi connectivity index (χ2v) is 6.80. The third-order valence-electron chi connectivity index (χ3n) is 4.62. The van der Waals surface area contributed by atoms with E-state index in [0.29, 0.717) is 5.92 Å². The Balaban J connectivity index is 2.86. The van der Waals surface area contributed by atoms with Crippen LogP contribution < -0.4 is 0 Å². The highest BCUT2D eigenvalue weighted by Crippen LogP contribution is 2.33. The van der Waals surface area contributed by atoms with Crippen molar-refractivity contribution in [1.82, 2.24) is 4.90 Å². The predicted molar refractivity (Wildman–Crippen MR) is 93.9 cm³/mol. The highest BCUT2D eigenvalue weighted by Gasteiger charge is 2.22. The molecule has 21 heavy (non-hydrogen) atoms. The van der Waals surface area contributed by atoms with Crippen LogP contribution in [0.2, 0.25) is 0 Å². The second kappa shape index (κ2) is 8.98. The Hall–Kier alpha value is -1.16. The molecule has 0 heterocycles. The number of likely N-dealkylation sites (N-methyl/N-ethyl adjacent to an activating group) is 1. The van der Waals surface area contributed by atoms with Gasteiger partial charge in [-0.2, -0.15) is 0 Å². The van der Waals surface area contributed by atoms with Gasteiger partial charge in [0.15, 0.2) is 0 Å². The maximum absolute atomic E-state index is 3.94. The van der Waals surface area contributed by atoms with Crippen LogP contribution in [0, 0.1) is 29.6 Å². The molecule has 0 aliphatic heterocycles. The van der Waals surface area contributed by atoms with Crippen molar-refractivity contribution < 1.29 is 0 Å². The average molecular weight is 287 g/mol. The van der Waals surface area contributed by atoms with Crippen LogP contribution >= 0.6 is 0 Å². The highest BCUT2D eigenvalue weighted by atomic mass is 15.1. The molecule has 0 aromatic rings. The Morgan fingerprint density at radius 1 is 1.38 bits per heavy atom. The first-order chi connectivity index (χ1) is 9.99. The zero-order valence-corrected chi connectivity index (χ0v) is 14.7. The Morgan fingerprint density at radius 2 is 2.10 bits per heavy atom. The zero-order valence-electron chi connectivity index (χ0n) is 14.7. The molecule has 0 spiro atoms. The molecule has 0 aromatic carbocycles. The molecule has 1 aliphatic rings. The number of hydrogen-bond donors (Lipinski definition) is 0. The van der Waals surface area contributed by atoms with E-state index < -0.39 is 0 Å². The van der Waals surface area contributed by atoms with Crippen LogP contribution in [0.25, 0.3) is 0 Å². The van der Waals surface area contributed by atoms with Gasteiger partial charge in [0.2, 0.25) is 0 Å². The maximum atomic E-state index is 3.94. The molecular formula is C20H33N. The van der Waals surface area contributed by atoms with E-state index in [9.17, 15) is 0 Å². The Labute approximate surface area is 132 Å². The van der Waals surface area contributed by atoms with Crippen LogP contribution in [-0.2, 0) is 0 Å². The smallest absolute Gasteiger partial charge is 0.0472 e. The van der Waals surface area contributed by atoms with Gasteiger partial charge in [0.05, 0.1) is 0 Å². The molecule has 0 saturated heterocycles. The minimum absolute atomic E-state index is 0.507. The normalized spacial score (nSPS) is 24.4. The molecule has 1 heteroatoms. The summed E-state index contributed by atoms with van der Waals surface area (Å²) in [7, 11) is 4.14. The lowest BCUT2D eigenvalue weighted by Crippen LogP contribution is -2.19. The first-order valence-electron chi connectivity index (χ1n) is 8.54. The maximum Gasteiger partial charge on any atom is 0.0472 e. The van der Waals surface area contributed by atoms with Gasteiger partial charge < -0.3 is 4.90 Å². The highest BCUT2D eigenvalue weighted by molar-refractivity contribution is 5.37. The summed E-state index contributed by atoms with van der Waals surface area (Å²) in [4.78, 5) is 2.13. The summed E-state index contributed by atoms with van der Waals surface area (Å²) in [6.07, 6.45) is 9.60. The fourth-order valence-corrected chi connectivity index (χ4v) is 3.33. The monoisotopic (exact) mass is 287 g/mol. The molecule has 0 aromatic heterocycles. The van der Waals surface area contributed by atoms with Gasteiger partial charge in [-0.1, -0.05) is 58.5 Å². The molecule has 3 atom stereocenters. The number of allylic oxidation sites excluding steroid dienone is 2. The van der Waals surface area contributed by atoms with E-state index in [0.717, 1.165) is 24.7 Å². The molecule has 1 rings (SSSR count). The van der Waals surface area contributed by atoms with Crippen LogP contribution in [0.15, 0.2) is 23.9 Å². The number of rotatable bonds is 5. The summed E-state index contributed by atoms with van der Waals surface area (Å²) >= 11 is 0. The van der Waals surface area contributed by atoms with Gasteiger partial charge in [0.1, 0.15) is 0 Å². The van der Waals surface area contributed by atoms with Gasteiger partial charge in [0, 0.05) is 31.3 Å². The van der Waals surface area contributed by atoms with Crippen molar-refractivity contribution in [3.05, 3.63) is 23.9 Å². The summed E-state index contributed by atoms with van der Waals surface area (Å²) in [6.45, 7) is 10.9. The summed E-state index contributed by atoms with van der Waals surface area (Å²) in [5, 5.41) is 0. The van der Waals surface area contributed by atoms with Gasteiger partial charge in [-0.3, -0.25) is 0 Å². The predicted octanol–water partition coefficient (Wildman–Crippen LogP) is 5.25. The van der Waals surface area contributed by atoms with Crippen molar-refractivity contribution in [2.45, 2.75) is 59.3 Å². The minimum atomic E-state index is 0.507. The largest absolute Gasteiger partial charge is 0.377 e. The van der Waals surface area contributed by atoms with Gasteiger partial charge in [-0.05, 0) is 37.2 Å². The van der Waals surface area contributed by atoms with E-state index >= 15 is 0 Å². The SMILES string of the molecule is C=C/C(=C(\C#CC(C)[C@H]1CCCC(C)C1)CCC)N(C)C. The molecule has 0 amide bonds. The van der Waals surface area contributed by atoms with Crippen LogP contribution in [0.5, 0.6) is 0 Å². The lowest BCUT2D eigenvalue weighted by atomic mass is 9.76. The van der Waals surface area contributed by atoms with Crippen molar-refractivity contribution >= 4 is 0 Å². The van der Waals surface area contributed by atoms with E-state index in [1.165, 1.54) is 37.0 Å². The molecule has 0 bridgehead atoms. The van der Waals surface area contributed by atoms with Crippen LogP contribution in [-0.4, -0.2) is 19.0 Å². The molecular weight excluding hydrogens is 254 g/mol. The molecule has 1 saturated carbocycles. The first-order valence-corrected chi connectivity index (χ1v) is 8.54. The van der Waals surface area contributed by atoms with Gasteiger partial charge in [-0.25, -0.2) is 0 Å². The summed E-state index contributed by atoms with van der Waals surface area (Å²) in [6, 6.07) is 0. The molecule has 0 radical (unpaired) electrons. The Morgan fingerprint density at radius 3 is 2.62 bits per heavy atom. The molecule has 2 unspecified atom stereocenters. The van der Waals surface area contributed by atoms with E-state index in [4.69, 9.17) is 0 Å². The minimum Gasteiger partial charge on any atom is -0.377 e.